The average molecular weight is 291 g/mol. The van der Waals surface area contributed by atoms with E-state index in [1.807, 2.05) is 0 Å². The van der Waals surface area contributed by atoms with Gasteiger partial charge in [0.25, 0.3) is 0 Å². The second kappa shape index (κ2) is 5.69. The Balaban J connectivity index is 1.92. The summed E-state index contributed by atoms with van der Waals surface area (Å²) in [5, 5.41) is 0. The summed E-state index contributed by atoms with van der Waals surface area (Å²) in [6, 6.07) is 8.49. The van der Waals surface area contributed by atoms with Gasteiger partial charge in [-0.25, -0.2) is 8.78 Å². The second-order valence-corrected chi connectivity index (χ2v) is 4.91. The van der Waals surface area contributed by atoms with E-state index in [-0.39, 0.29) is 0 Å². The van der Waals surface area contributed by atoms with Crippen LogP contribution in [0.2, 0.25) is 0 Å². The van der Waals surface area contributed by atoms with E-state index in [0.717, 1.165) is 24.1 Å². The molecule has 0 radical (unpaired) electrons. The molecular weight excluding hydrogens is 276 g/mol. The zero-order chi connectivity index (χ0) is 14.8. The van der Waals surface area contributed by atoms with Crippen LogP contribution in [0.1, 0.15) is 23.6 Å². The summed E-state index contributed by atoms with van der Waals surface area (Å²) in [5.74, 6) is -0.487. The Hall–Kier alpha value is -2.14. The lowest BCUT2D eigenvalue weighted by atomic mass is 9.99. The van der Waals surface area contributed by atoms with Crippen LogP contribution in [-0.2, 0) is 0 Å². The third-order valence-electron chi connectivity index (χ3n) is 3.43. The maximum atomic E-state index is 13.3. The van der Waals surface area contributed by atoms with Gasteiger partial charge in [-0.15, -0.1) is 0 Å². The highest BCUT2D eigenvalue weighted by atomic mass is 19.2. The third-order valence-corrected chi connectivity index (χ3v) is 3.43. The average Bonchev–Trinajstić information content (AvgIpc) is 2.73. The first kappa shape index (κ1) is 13.8. The Morgan fingerprint density at radius 2 is 1.52 bits per heavy atom. The van der Waals surface area contributed by atoms with Crippen molar-refractivity contribution in [1.29, 1.82) is 0 Å². The number of hydrogen-bond donors (Lipinski definition) is 1. The number of hydrogen-bond acceptors (Lipinski definition) is 3. The first-order valence-electron chi connectivity index (χ1n) is 6.75. The summed E-state index contributed by atoms with van der Waals surface area (Å²) in [6.07, 6.45) is 0.819. The summed E-state index contributed by atoms with van der Waals surface area (Å²) in [7, 11) is 0. The van der Waals surface area contributed by atoms with Crippen molar-refractivity contribution in [2.24, 2.45) is 5.73 Å². The summed E-state index contributed by atoms with van der Waals surface area (Å²) in [5.41, 5.74) is 7.38. The van der Waals surface area contributed by atoms with Gasteiger partial charge >= 0.3 is 0 Å². The largest absolute Gasteiger partial charge is 0.490 e. The minimum absolute atomic E-state index is 0.503. The predicted molar refractivity (Wildman–Crippen MR) is 74.4 cm³/mol. The molecule has 1 heterocycles. The van der Waals surface area contributed by atoms with Crippen LogP contribution < -0.4 is 15.2 Å². The molecule has 0 amide bonds. The van der Waals surface area contributed by atoms with Crippen LogP contribution in [0.25, 0.3) is 0 Å². The van der Waals surface area contributed by atoms with E-state index in [1.54, 1.807) is 18.2 Å². The minimum Gasteiger partial charge on any atom is -0.490 e. The summed E-state index contributed by atoms with van der Waals surface area (Å²) in [6.45, 7) is 1.19. The van der Waals surface area contributed by atoms with E-state index in [9.17, 15) is 8.78 Å². The van der Waals surface area contributed by atoms with E-state index < -0.39 is 17.7 Å². The van der Waals surface area contributed by atoms with Gasteiger partial charge in [0.2, 0.25) is 0 Å². The molecule has 110 valence electrons. The second-order valence-electron chi connectivity index (χ2n) is 4.91. The molecule has 0 saturated carbocycles. The molecule has 1 aliphatic rings. The molecule has 5 heteroatoms. The lowest BCUT2D eigenvalue weighted by Gasteiger charge is -2.15. The quantitative estimate of drug-likeness (QED) is 0.924. The van der Waals surface area contributed by atoms with Gasteiger partial charge in [0.05, 0.1) is 19.3 Å². The van der Waals surface area contributed by atoms with E-state index in [4.69, 9.17) is 15.2 Å². The maximum absolute atomic E-state index is 13.3. The summed E-state index contributed by atoms with van der Waals surface area (Å²) < 4.78 is 37.4. The maximum Gasteiger partial charge on any atom is 0.161 e. The van der Waals surface area contributed by atoms with Crippen LogP contribution in [0.15, 0.2) is 36.4 Å². The first-order valence-corrected chi connectivity index (χ1v) is 6.75. The SMILES string of the molecule is NC(c1ccc(F)c(F)c1)c1ccc2c(c1)OCCCO2. The van der Waals surface area contributed by atoms with E-state index in [0.29, 0.717) is 30.3 Å². The van der Waals surface area contributed by atoms with Gasteiger partial charge in [-0.2, -0.15) is 0 Å². The molecular formula is C16H15F2NO2. The number of fused-ring (bicyclic) bond motifs is 1. The number of nitrogens with two attached hydrogens (primary N) is 1. The minimum atomic E-state index is -0.905. The highest BCUT2D eigenvalue weighted by Gasteiger charge is 2.16. The van der Waals surface area contributed by atoms with Crippen LogP contribution >= 0.6 is 0 Å². The molecule has 21 heavy (non-hydrogen) atoms. The van der Waals surface area contributed by atoms with Crippen molar-refractivity contribution in [1.82, 2.24) is 0 Å². The smallest absolute Gasteiger partial charge is 0.161 e. The fourth-order valence-corrected chi connectivity index (χ4v) is 2.27. The molecule has 0 aromatic heterocycles. The van der Waals surface area contributed by atoms with E-state index in [1.165, 1.54) is 6.07 Å². The van der Waals surface area contributed by atoms with Gasteiger partial charge in [-0.05, 0) is 35.4 Å². The number of halogens is 2. The number of rotatable bonds is 2. The van der Waals surface area contributed by atoms with Crippen LogP contribution in [0.3, 0.4) is 0 Å². The zero-order valence-electron chi connectivity index (χ0n) is 11.3. The van der Waals surface area contributed by atoms with Crippen molar-refractivity contribution in [3.05, 3.63) is 59.2 Å². The first-order chi connectivity index (χ1) is 10.1. The Morgan fingerprint density at radius 1 is 0.857 bits per heavy atom. The lowest BCUT2D eigenvalue weighted by Crippen LogP contribution is -2.12. The molecule has 0 spiro atoms. The van der Waals surface area contributed by atoms with Gasteiger partial charge in [-0.1, -0.05) is 12.1 Å². The predicted octanol–water partition coefficient (Wildman–Crippen LogP) is 3.17. The van der Waals surface area contributed by atoms with Crippen molar-refractivity contribution in [2.45, 2.75) is 12.5 Å². The Morgan fingerprint density at radius 3 is 2.29 bits per heavy atom. The molecule has 3 nitrogen and oxygen atoms in total. The molecule has 1 atom stereocenters. The van der Waals surface area contributed by atoms with Crippen molar-refractivity contribution in [3.8, 4) is 11.5 Å². The standard InChI is InChI=1S/C16H15F2NO2/c17-12-4-2-10(8-13(12)18)16(19)11-3-5-14-15(9-11)21-7-1-6-20-14/h2-5,8-9,16H,1,6-7,19H2. The highest BCUT2D eigenvalue weighted by Crippen LogP contribution is 2.33. The lowest BCUT2D eigenvalue weighted by molar-refractivity contribution is 0.297. The van der Waals surface area contributed by atoms with E-state index in [2.05, 4.69) is 0 Å². The number of ether oxygens (including phenoxy) is 2. The fraction of sp³-hybridized carbons (Fsp3) is 0.250. The van der Waals surface area contributed by atoms with Crippen molar-refractivity contribution < 1.29 is 18.3 Å². The van der Waals surface area contributed by atoms with Gasteiger partial charge < -0.3 is 15.2 Å². The third kappa shape index (κ3) is 2.83. The van der Waals surface area contributed by atoms with Crippen molar-refractivity contribution in [3.63, 3.8) is 0 Å². The molecule has 0 fully saturated rings. The van der Waals surface area contributed by atoms with Gasteiger partial charge in [0.1, 0.15) is 0 Å². The Kier molecular flexibility index (Phi) is 3.75. The molecule has 1 unspecified atom stereocenters. The molecule has 0 aliphatic carbocycles. The van der Waals surface area contributed by atoms with Crippen molar-refractivity contribution >= 4 is 0 Å². The monoisotopic (exact) mass is 291 g/mol. The Labute approximate surface area is 121 Å². The Bertz CT molecular complexity index is 661. The van der Waals surface area contributed by atoms with Gasteiger partial charge in [0, 0.05) is 6.42 Å². The van der Waals surface area contributed by atoms with Crippen LogP contribution in [-0.4, -0.2) is 13.2 Å². The molecule has 2 aromatic rings. The molecule has 2 N–H and O–H groups in total. The summed E-state index contributed by atoms with van der Waals surface area (Å²) in [4.78, 5) is 0. The zero-order valence-corrected chi connectivity index (χ0v) is 11.3. The molecule has 0 saturated heterocycles. The normalized spacial score (nSPS) is 15.4. The fourth-order valence-electron chi connectivity index (χ4n) is 2.27. The number of benzene rings is 2. The topological polar surface area (TPSA) is 44.5 Å². The highest BCUT2D eigenvalue weighted by molar-refractivity contribution is 5.46. The summed E-state index contributed by atoms with van der Waals surface area (Å²) >= 11 is 0. The van der Waals surface area contributed by atoms with Gasteiger partial charge in [0.15, 0.2) is 23.1 Å². The molecule has 2 aromatic carbocycles. The van der Waals surface area contributed by atoms with Crippen LogP contribution in [0.5, 0.6) is 11.5 Å². The van der Waals surface area contributed by atoms with Gasteiger partial charge in [-0.3, -0.25) is 0 Å². The molecule has 1 aliphatic heterocycles. The molecule has 0 bridgehead atoms. The van der Waals surface area contributed by atoms with Crippen LogP contribution in [0.4, 0.5) is 8.78 Å². The molecule has 3 rings (SSSR count). The van der Waals surface area contributed by atoms with Crippen molar-refractivity contribution in [2.75, 3.05) is 13.2 Å². The van der Waals surface area contributed by atoms with Crippen LogP contribution in [0, 0.1) is 11.6 Å². The van der Waals surface area contributed by atoms with E-state index >= 15 is 0 Å².